The van der Waals surface area contributed by atoms with Crippen molar-refractivity contribution < 1.29 is 13.2 Å². The number of nitrogens with zero attached hydrogens (tertiary/aromatic N) is 2. The molecule has 2 N–H and O–H groups in total. The molecule has 0 spiro atoms. The van der Waals surface area contributed by atoms with Crippen LogP contribution in [0.25, 0.3) is 0 Å². The first-order valence-corrected chi connectivity index (χ1v) is 12.7. The molecule has 0 saturated carbocycles. The molecular weight excluding hydrogens is 424 g/mol. The number of nitrogens with one attached hydrogen (secondary N) is 2. The average molecular weight is 459 g/mol. The normalized spacial score (nSPS) is 15.6. The zero-order valence-corrected chi connectivity index (χ0v) is 19.8. The number of hydrogen-bond acceptors (Lipinski definition) is 5. The Bertz CT molecular complexity index is 988. The summed E-state index contributed by atoms with van der Waals surface area (Å²) in [4.78, 5) is 17.5. The van der Waals surface area contributed by atoms with Crippen LogP contribution in [-0.4, -0.2) is 70.4 Å². The van der Waals surface area contributed by atoms with Crippen LogP contribution in [0.1, 0.15) is 34.3 Å². The highest BCUT2D eigenvalue weighted by atomic mass is 32.2. The molecule has 0 unspecified atom stereocenters. The molecule has 2 aromatic carbocycles. The van der Waals surface area contributed by atoms with Gasteiger partial charge in [0.05, 0.1) is 4.90 Å². The molecule has 32 heavy (non-hydrogen) atoms. The minimum atomic E-state index is -3.73. The summed E-state index contributed by atoms with van der Waals surface area (Å²) in [6, 6.07) is 14.2. The highest BCUT2D eigenvalue weighted by Crippen LogP contribution is 2.18. The van der Waals surface area contributed by atoms with Gasteiger partial charge in [0.25, 0.3) is 5.91 Å². The number of amides is 1. The van der Waals surface area contributed by atoms with Crippen LogP contribution in [0.15, 0.2) is 53.4 Å². The molecule has 0 aliphatic carbocycles. The smallest absolute Gasteiger partial charge is 0.251 e. The molecule has 3 rings (SSSR count). The second-order valence-electron chi connectivity index (χ2n) is 8.40. The van der Waals surface area contributed by atoms with E-state index in [0.717, 1.165) is 51.1 Å². The van der Waals surface area contributed by atoms with E-state index >= 15 is 0 Å². The molecule has 1 amide bonds. The van der Waals surface area contributed by atoms with Gasteiger partial charge >= 0.3 is 0 Å². The monoisotopic (exact) mass is 458 g/mol. The van der Waals surface area contributed by atoms with Crippen LogP contribution in [-0.2, 0) is 16.6 Å². The predicted molar refractivity (Wildman–Crippen MR) is 127 cm³/mol. The number of rotatable bonds is 10. The fourth-order valence-corrected chi connectivity index (χ4v) is 5.00. The molecular formula is C24H34N4O3S. The molecule has 7 nitrogen and oxygen atoms in total. The first kappa shape index (κ1) is 24.4. The number of carbonyl (C=O) groups is 1. The van der Waals surface area contributed by atoms with Crippen LogP contribution in [0, 0.1) is 6.92 Å². The van der Waals surface area contributed by atoms with Gasteiger partial charge in [-0.3, -0.25) is 4.79 Å². The maximum Gasteiger partial charge on any atom is 0.251 e. The second-order valence-corrected chi connectivity index (χ2v) is 10.1. The van der Waals surface area contributed by atoms with Crippen molar-refractivity contribution in [1.82, 2.24) is 19.8 Å². The molecule has 0 bridgehead atoms. The van der Waals surface area contributed by atoms with Crippen molar-refractivity contribution in [3.05, 3.63) is 65.2 Å². The van der Waals surface area contributed by atoms with Crippen LogP contribution in [0.2, 0.25) is 0 Å². The van der Waals surface area contributed by atoms with Crippen molar-refractivity contribution in [2.24, 2.45) is 0 Å². The Labute approximate surface area is 191 Å². The number of benzene rings is 2. The maximum atomic E-state index is 12.8. The second kappa shape index (κ2) is 11.6. The summed E-state index contributed by atoms with van der Waals surface area (Å²) >= 11 is 0. The minimum absolute atomic E-state index is 0.135. The van der Waals surface area contributed by atoms with E-state index in [-0.39, 0.29) is 17.3 Å². The summed E-state index contributed by atoms with van der Waals surface area (Å²) in [5, 5.41) is 2.92. The SMILES string of the molecule is Cc1ccc(C(=O)NCCCCN2CCN(C)CC2)cc1S(=O)(=O)NCc1ccccc1. The molecule has 174 valence electrons. The van der Waals surface area contributed by atoms with Crippen molar-refractivity contribution >= 4 is 15.9 Å². The highest BCUT2D eigenvalue weighted by molar-refractivity contribution is 7.89. The Morgan fingerprint density at radius 3 is 2.44 bits per heavy atom. The maximum absolute atomic E-state index is 12.8. The van der Waals surface area contributed by atoms with Crippen molar-refractivity contribution in [2.75, 3.05) is 46.3 Å². The van der Waals surface area contributed by atoms with Gasteiger partial charge in [0, 0.05) is 44.8 Å². The molecule has 0 aromatic heterocycles. The third-order valence-corrected chi connectivity index (χ3v) is 7.37. The van der Waals surface area contributed by atoms with E-state index < -0.39 is 10.0 Å². The number of sulfonamides is 1. The van der Waals surface area contributed by atoms with Gasteiger partial charge in [0.1, 0.15) is 0 Å². The molecule has 1 fully saturated rings. The lowest BCUT2D eigenvalue weighted by atomic mass is 10.1. The number of carbonyl (C=O) groups excluding carboxylic acids is 1. The number of aryl methyl sites for hydroxylation is 1. The lowest BCUT2D eigenvalue weighted by Gasteiger charge is -2.32. The largest absolute Gasteiger partial charge is 0.352 e. The van der Waals surface area contributed by atoms with Crippen molar-refractivity contribution in [2.45, 2.75) is 31.2 Å². The van der Waals surface area contributed by atoms with Gasteiger partial charge in [0.2, 0.25) is 10.0 Å². The van der Waals surface area contributed by atoms with Crippen LogP contribution < -0.4 is 10.0 Å². The van der Waals surface area contributed by atoms with Crippen LogP contribution >= 0.6 is 0 Å². The summed E-state index contributed by atoms with van der Waals surface area (Å²) in [7, 11) is -1.58. The third kappa shape index (κ3) is 7.13. The van der Waals surface area contributed by atoms with Crippen molar-refractivity contribution in [3.8, 4) is 0 Å². The summed E-state index contributed by atoms with van der Waals surface area (Å²) in [5.41, 5.74) is 1.84. The number of unbranched alkanes of at least 4 members (excludes halogenated alkanes) is 1. The Balaban J connectivity index is 1.49. The molecule has 0 atom stereocenters. The topological polar surface area (TPSA) is 81.8 Å². The van der Waals surface area contributed by atoms with E-state index in [1.54, 1.807) is 19.1 Å². The zero-order chi connectivity index (χ0) is 23.0. The van der Waals surface area contributed by atoms with Gasteiger partial charge in [-0.05, 0) is 56.6 Å². The zero-order valence-electron chi connectivity index (χ0n) is 19.0. The Kier molecular flexibility index (Phi) is 8.81. The van der Waals surface area contributed by atoms with Gasteiger partial charge in [-0.2, -0.15) is 0 Å². The third-order valence-electron chi connectivity index (χ3n) is 5.83. The minimum Gasteiger partial charge on any atom is -0.352 e. The quantitative estimate of drug-likeness (QED) is 0.534. The standard InChI is InChI=1S/C24H34N4O3S/c1-20-10-11-22(18-23(20)32(30,31)26-19-21-8-4-3-5-9-21)24(29)25-12-6-7-13-28-16-14-27(2)15-17-28/h3-5,8-11,18,26H,6-7,12-17,19H2,1-2H3,(H,25,29). The van der Waals surface area contributed by atoms with Crippen LogP contribution in [0.4, 0.5) is 0 Å². The van der Waals surface area contributed by atoms with Gasteiger partial charge < -0.3 is 15.1 Å². The summed E-state index contributed by atoms with van der Waals surface area (Å²) in [5.74, 6) is -0.246. The highest BCUT2D eigenvalue weighted by Gasteiger charge is 2.19. The Hall–Kier alpha value is -2.26. The van der Waals surface area contributed by atoms with Gasteiger partial charge in [-0.15, -0.1) is 0 Å². The van der Waals surface area contributed by atoms with Crippen LogP contribution in [0.5, 0.6) is 0 Å². The summed E-state index contributed by atoms with van der Waals surface area (Å²) < 4.78 is 28.3. The fourth-order valence-electron chi connectivity index (χ4n) is 3.72. The van der Waals surface area contributed by atoms with E-state index in [0.29, 0.717) is 17.7 Å². The van der Waals surface area contributed by atoms with E-state index in [2.05, 4.69) is 26.9 Å². The molecule has 8 heteroatoms. The molecule has 2 aromatic rings. The molecule has 1 saturated heterocycles. The molecule has 1 aliphatic heterocycles. The van der Waals surface area contributed by atoms with Crippen molar-refractivity contribution in [3.63, 3.8) is 0 Å². The lowest BCUT2D eigenvalue weighted by Crippen LogP contribution is -2.44. The van der Waals surface area contributed by atoms with Gasteiger partial charge in [-0.1, -0.05) is 36.4 Å². The number of hydrogen-bond donors (Lipinski definition) is 2. The van der Waals surface area contributed by atoms with Crippen molar-refractivity contribution in [1.29, 1.82) is 0 Å². The Morgan fingerprint density at radius 1 is 1.00 bits per heavy atom. The first-order chi connectivity index (χ1) is 15.3. The number of likely N-dealkylation sites (N-methyl/N-ethyl adjacent to an activating group) is 1. The molecule has 1 heterocycles. The summed E-state index contributed by atoms with van der Waals surface area (Å²) in [6.07, 6.45) is 1.93. The van der Waals surface area contributed by atoms with E-state index in [1.807, 2.05) is 30.3 Å². The van der Waals surface area contributed by atoms with E-state index in [4.69, 9.17) is 0 Å². The van der Waals surface area contributed by atoms with E-state index in [1.165, 1.54) is 6.07 Å². The lowest BCUT2D eigenvalue weighted by molar-refractivity contribution is 0.0951. The number of piperazine rings is 1. The molecule has 0 radical (unpaired) electrons. The average Bonchev–Trinajstić information content (AvgIpc) is 2.79. The van der Waals surface area contributed by atoms with Crippen LogP contribution in [0.3, 0.4) is 0 Å². The fraction of sp³-hybridized carbons (Fsp3) is 0.458. The summed E-state index contributed by atoms with van der Waals surface area (Å²) in [6.45, 7) is 7.97. The van der Waals surface area contributed by atoms with E-state index in [9.17, 15) is 13.2 Å². The van der Waals surface area contributed by atoms with Gasteiger partial charge in [-0.25, -0.2) is 13.1 Å². The first-order valence-electron chi connectivity index (χ1n) is 11.2. The predicted octanol–water partition coefficient (Wildman–Crippen LogP) is 2.23. The molecule has 1 aliphatic rings. The Morgan fingerprint density at radius 2 is 1.72 bits per heavy atom. The van der Waals surface area contributed by atoms with Gasteiger partial charge in [0.15, 0.2) is 0 Å².